The molecule has 1 rings (SSSR count). The first-order chi connectivity index (χ1) is 14.8. The third-order valence-corrected chi connectivity index (χ3v) is 5.19. The van der Waals surface area contributed by atoms with Crippen LogP contribution in [0.5, 0.6) is 0 Å². The quantitative estimate of drug-likeness (QED) is 0.482. The van der Waals surface area contributed by atoms with E-state index in [1.165, 1.54) is 4.90 Å². The molecule has 180 valence electrons. The SMILES string of the molecule is CCCC(C)NC(=O)C(c1cc(C)cc(C)c1)N(C)C(=O)C(CS)NC(=O)OC(C)(C)C. The highest BCUT2D eigenvalue weighted by atomic mass is 32.1. The maximum atomic E-state index is 13.3. The van der Waals surface area contributed by atoms with Crippen LogP contribution in [0.15, 0.2) is 18.2 Å². The number of hydrogen-bond donors (Lipinski definition) is 3. The molecule has 0 radical (unpaired) electrons. The number of thiol groups is 1. The van der Waals surface area contributed by atoms with Crippen molar-refractivity contribution >= 4 is 30.5 Å². The molecule has 0 aliphatic rings. The van der Waals surface area contributed by atoms with Crippen LogP contribution in [-0.4, -0.2) is 53.3 Å². The second-order valence-corrected chi connectivity index (χ2v) is 9.72. The third kappa shape index (κ3) is 8.73. The van der Waals surface area contributed by atoms with E-state index in [1.54, 1.807) is 27.8 Å². The Labute approximate surface area is 198 Å². The molecule has 0 bridgehead atoms. The summed E-state index contributed by atoms with van der Waals surface area (Å²) < 4.78 is 5.27. The molecule has 32 heavy (non-hydrogen) atoms. The molecule has 3 atom stereocenters. The van der Waals surface area contributed by atoms with Crippen LogP contribution in [0.3, 0.4) is 0 Å². The maximum absolute atomic E-state index is 13.3. The summed E-state index contributed by atoms with van der Waals surface area (Å²) in [4.78, 5) is 40.2. The third-order valence-electron chi connectivity index (χ3n) is 4.83. The summed E-state index contributed by atoms with van der Waals surface area (Å²) in [6, 6.07) is 4.02. The highest BCUT2D eigenvalue weighted by Crippen LogP contribution is 2.24. The van der Waals surface area contributed by atoms with Crippen molar-refractivity contribution in [2.45, 2.75) is 85.0 Å². The number of rotatable bonds is 9. The van der Waals surface area contributed by atoms with Gasteiger partial charge in [0.1, 0.15) is 17.7 Å². The number of nitrogens with zero attached hydrogens (tertiary/aromatic N) is 1. The molecule has 0 aliphatic carbocycles. The van der Waals surface area contributed by atoms with E-state index in [1.807, 2.05) is 39.0 Å². The zero-order valence-corrected chi connectivity index (χ0v) is 21.5. The van der Waals surface area contributed by atoms with Gasteiger partial charge in [0.2, 0.25) is 11.8 Å². The Morgan fingerprint density at radius 1 is 1.09 bits per heavy atom. The molecule has 0 saturated carbocycles. The van der Waals surface area contributed by atoms with Crippen LogP contribution in [0.4, 0.5) is 4.79 Å². The van der Waals surface area contributed by atoms with E-state index in [4.69, 9.17) is 4.74 Å². The number of alkyl carbamates (subject to hydrolysis) is 1. The van der Waals surface area contributed by atoms with Gasteiger partial charge >= 0.3 is 6.09 Å². The molecule has 0 spiro atoms. The molecule has 8 heteroatoms. The van der Waals surface area contributed by atoms with Gasteiger partial charge in [-0.1, -0.05) is 42.7 Å². The molecule has 0 fully saturated rings. The Morgan fingerprint density at radius 3 is 2.12 bits per heavy atom. The highest BCUT2D eigenvalue weighted by Gasteiger charge is 2.34. The lowest BCUT2D eigenvalue weighted by atomic mass is 9.98. The molecule has 2 N–H and O–H groups in total. The minimum absolute atomic E-state index is 0.0232. The van der Waals surface area contributed by atoms with E-state index >= 15 is 0 Å². The van der Waals surface area contributed by atoms with Gasteiger partial charge in [-0.2, -0.15) is 12.6 Å². The lowest BCUT2D eigenvalue weighted by molar-refractivity contribution is -0.140. The molecular weight excluding hydrogens is 426 g/mol. The number of amides is 3. The number of benzene rings is 1. The average molecular weight is 466 g/mol. The van der Waals surface area contributed by atoms with Crippen LogP contribution in [0.2, 0.25) is 0 Å². The van der Waals surface area contributed by atoms with Crippen LogP contribution in [0.25, 0.3) is 0 Å². The summed E-state index contributed by atoms with van der Waals surface area (Å²) >= 11 is 4.24. The second-order valence-electron chi connectivity index (χ2n) is 9.35. The van der Waals surface area contributed by atoms with E-state index in [-0.39, 0.29) is 17.7 Å². The summed E-state index contributed by atoms with van der Waals surface area (Å²) in [5.74, 6) is -0.620. The van der Waals surface area contributed by atoms with Crippen molar-refractivity contribution in [3.05, 3.63) is 34.9 Å². The molecule has 1 aromatic carbocycles. The first-order valence-corrected chi connectivity index (χ1v) is 11.7. The molecule has 7 nitrogen and oxygen atoms in total. The fraction of sp³-hybridized carbons (Fsp3) is 0.625. The van der Waals surface area contributed by atoms with Crippen molar-refractivity contribution in [1.29, 1.82) is 0 Å². The van der Waals surface area contributed by atoms with Crippen molar-refractivity contribution < 1.29 is 19.1 Å². The number of carbonyl (C=O) groups is 3. The summed E-state index contributed by atoms with van der Waals surface area (Å²) in [7, 11) is 1.57. The molecule has 0 heterocycles. The Kier molecular flexibility index (Phi) is 10.5. The minimum Gasteiger partial charge on any atom is -0.444 e. The van der Waals surface area contributed by atoms with Gasteiger partial charge in [0.25, 0.3) is 0 Å². The number of likely N-dealkylation sites (N-methyl/N-ethyl adjacent to an activating group) is 1. The van der Waals surface area contributed by atoms with Gasteiger partial charge in [0.15, 0.2) is 0 Å². The monoisotopic (exact) mass is 465 g/mol. The standard InChI is InChI=1S/C24H39N3O4S/c1-9-10-17(4)25-21(28)20(18-12-15(2)11-16(3)13-18)27(8)22(29)19(14-32)26-23(30)31-24(5,6)7/h11-13,17,19-20,32H,9-10,14H2,1-8H3,(H,25,28)(H,26,30). The van der Waals surface area contributed by atoms with E-state index in [0.29, 0.717) is 0 Å². The minimum atomic E-state index is -0.938. The summed E-state index contributed by atoms with van der Waals surface area (Å²) in [5.41, 5.74) is 2.02. The van der Waals surface area contributed by atoms with Gasteiger partial charge in [-0.25, -0.2) is 4.79 Å². The van der Waals surface area contributed by atoms with Gasteiger partial charge in [-0.3, -0.25) is 9.59 Å². The van der Waals surface area contributed by atoms with Gasteiger partial charge < -0.3 is 20.3 Å². The Bertz CT molecular complexity index is 787. The van der Waals surface area contributed by atoms with E-state index in [0.717, 1.165) is 29.5 Å². The Morgan fingerprint density at radius 2 is 1.66 bits per heavy atom. The maximum Gasteiger partial charge on any atom is 0.408 e. The van der Waals surface area contributed by atoms with Crippen LogP contribution in [0, 0.1) is 13.8 Å². The van der Waals surface area contributed by atoms with E-state index < -0.39 is 29.7 Å². The van der Waals surface area contributed by atoms with Crippen LogP contribution in [-0.2, 0) is 14.3 Å². The van der Waals surface area contributed by atoms with Crippen LogP contribution < -0.4 is 10.6 Å². The van der Waals surface area contributed by atoms with Gasteiger partial charge in [0.05, 0.1) is 0 Å². The number of aryl methyl sites for hydroxylation is 2. The smallest absolute Gasteiger partial charge is 0.408 e. The van der Waals surface area contributed by atoms with Gasteiger partial charge in [0, 0.05) is 18.8 Å². The first kappa shape index (κ1) is 27.8. The largest absolute Gasteiger partial charge is 0.444 e. The summed E-state index contributed by atoms with van der Waals surface area (Å²) in [6.45, 7) is 13.1. The molecule has 0 aliphatic heterocycles. The number of ether oxygens (including phenoxy) is 1. The predicted octanol–water partition coefficient (Wildman–Crippen LogP) is 3.93. The lowest BCUT2D eigenvalue weighted by Gasteiger charge is -2.32. The zero-order valence-electron chi connectivity index (χ0n) is 20.6. The van der Waals surface area contributed by atoms with Crippen LogP contribution >= 0.6 is 12.6 Å². The first-order valence-electron chi connectivity index (χ1n) is 11.0. The Balaban J connectivity index is 3.22. The molecule has 3 unspecified atom stereocenters. The van der Waals surface area contributed by atoms with Crippen molar-refractivity contribution in [1.82, 2.24) is 15.5 Å². The fourth-order valence-electron chi connectivity index (χ4n) is 3.55. The summed E-state index contributed by atoms with van der Waals surface area (Å²) in [6.07, 6.45) is 1.07. The molecule has 1 aromatic rings. The topological polar surface area (TPSA) is 87.7 Å². The average Bonchev–Trinajstić information content (AvgIpc) is 2.63. The molecule has 3 amide bonds. The van der Waals surface area contributed by atoms with Gasteiger partial charge in [-0.15, -0.1) is 0 Å². The zero-order chi connectivity index (χ0) is 24.6. The van der Waals surface area contributed by atoms with Crippen molar-refractivity contribution in [2.75, 3.05) is 12.8 Å². The number of nitrogens with one attached hydrogen (secondary N) is 2. The molecular formula is C24H39N3O4S. The van der Waals surface area contributed by atoms with E-state index in [9.17, 15) is 14.4 Å². The summed E-state index contributed by atoms with van der Waals surface area (Å²) in [5, 5.41) is 5.59. The van der Waals surface area contributed by atoms with Crippen molar-refractivity contribution in [3.63, 3.8) is 0 Å². The number of hydrogen-bond acceptors (Lipinski definition) is 5. The molecule has 0 aromatic heterocycles. The second kappa shape index (κ2) is 12.1. The van der Waals surface area contributed by atoms with Crippen molar-refractivity contribution in [3.8, 4) is 0 Å². The normalized spacial score (nSPS) is 14.2. The predicted molar refractivity (Wildman–Crippen MR) is 131 cm³/mol. The lowest BCUT2D eigenvalue weighted by Crippen LogP contribution is -2.53. The highest BCUT2D eigenvalue weighted by molar-refractivity contribution is 7.80. The van der Waals surface area contributed by atoms with E-state index in [2.05, 4.69) is 30.2 Å². The Hall–Kier alpha value is -2.22. The van der Waals surface area contributed by atoms with Gasteiger partial charge in [-0.05, 0) is 53.5 Å². The van der Waals surface area contributed by atoms with Crippen LogP contribution in [0.1, 0.15) is 70.2 Å². The number of carbonyl (C=O) groups excluding carboxylic acids is 3. The van der Waals surface area contributed by atoms with Crippen molar-refractivity contribution in [2.24, 2.45) is 0 Å². The fourth-order valence-corrected chi connectivity index (χ4v) is 3.80. The molecule has 0 saturated heterocycles.